The molecule has 0 aliphatic heterocycles. The SMILES string of the molecule is Cc1cc(OCCCS(C)(=O)=O)cc(C)c1-c1ccc(F)c2c1CCC2Nc1cnc(C2CC2)cn1. The molecule has 1 aromatic heterocycles. The van der Waals surface area contributed by atoms with Crippen molar-refractivity contribution in [1.82, 2.24) is 9.97 Å². The van der Waals surface area contributed by atoms with E-state index in [0.717, 1.165) is 46.4 Å². The predicted molar refractivity (Wildman–Crippen MR) is 140 cm³/mol. The summed E-state index contributed by atoms with van der Waals surface area (Å²) in [6.07, 6.45) is 9.20. The molecule has 5 rings (SSSR count). The van der Waals surface area contributed by atoms with Gasteiger partial charge in [-0.15, -0.1) is 0 Å². The van der Waals surface area contributed by atoms with E-state index in [4.69, 9.17) is 4.74 Å². The van der Waals surface area contributed by atoms with Crippen molar-refractivity contribution >= 4 is 15.7 Å². The van der Waals surface area contributed by atoms with E-state index < -0.39 is 9.84 Å². The number of nitrogens with one attached hydrogen (secondary N) is 1. The second kappa shape index (κ2) is 9.81. The zero-order valence-electron chi connectivity index (χ0n) is 21.0. The fourth-order valence-corrected chi connectivity index (χ4v) is 5.86. The van der Waals surface area contributed by atoms with Crippen LogP contribution in [0, 0.1) is 19.7 Å². The van der Waals surface area contributed by atoms with Gasteiger partial charge in [-0.3, -0.25) is 4.98 Å². The molecule has 1 saturated carbocycles. The molecule has 0 saturated heterocycles. The van der Waals surface area contributed by atoms with E-state index >= 15 is 4.39 Å². The maximum atomic E-state index is 15.1. The maximum absolute atomic E-state index is 15.1. The fourth-order valence-electron chi connectivity index (χ4n) is 5.22. The minimum atomic E-state index is -3.00. The van der Waals surface area contributed by atoms with Gasteiger partial charge >= 0.3 is 0 Å². The molecule has 8 heteroatoms. The number of halogens is 1. The highest BCUT2D eigenvalue weighted by Gasteiger charge is 2.30. The number of ether oxygens (including phenoxy) is 1. The van der Waals surface area contributed by atoms with Gasteiger partial charge in [-0.2, -0.15) is 0 Å². The second-order valence-corrected chi connectivity index (χ2v) is 12.3. The van der Waals surface area contributed by atoms with Gasteiger partial charge in [-0.1, -0.05) is 6.07 Å². The van der Waals surface area contributed by atoms with Crippen LogP contribution in [0.25, 0.3) is 11.1 Å². The van der Waals surface area contributed by atoms with Crippen LogP contribution in [-0.2, 0) is 16.3 Å². The monoisotopic (exact) mass is 509 g/mol. The number of rotatable bonds is 9. The van der Waals surface area contributed by atoms with Crippen molar-refractivity contribution in [2.24, 2.45) is 0 Å². The summed E-state index contributed by atoms with van der Waals surface area (Å²) in [5, 5.41) is 3.40. The molecule has 1 unspecified atom stereocenters. The Hall–Kier alpha value is -3.00. The number of sulfone groups is 1. The Morgan fingerprint density at radius 3 is 2.47 bits per heavy atom. The van der Waals surface area contributed by atoms with E-state index in [1.165, 1.54) is 19.1 Å². The molecule has 1 atom stereocenters. The van der Waals surface area contributed by atoms with E-state index in [-0.39, 0.29) is 17.6 Å². The number of fused-ring (bicyclic) bond motifs is 1. The van der Waals surface area contributed by atoms with Crippen molar-refractivity contribution in [2.75, 3.05) is 23.9 Å². The molecule has 1 N–H and O–H groups in total. The summed E-state index contributed by atoms with van der Waals surface area (Å²) in [5.74, 6) is 1.85. The van der Waals surface area contributed by atoms with Gasteiger partial charge in [0.05, 0.1) is 36.5 Å². The number of hydrogen-bond donors (Lipinski definition) is 1. The third kappa shape index (κ3) is 5.38. The molecule has 3 aromatic rings. The average molecular weight is 510 g/mol. The van der Waals surface area contributed by atoms with E-state index in [1.54, 1.807) is 12.3 Å². The molecule has 0 radical (unpaired) electrons. The fraction of sp³-hybridized carbons (Fsp3) is 0.429. The molecule has 2 aliphatic rings. The highest BCUT2D eigenvalue weighted by atomic mass is 32.2. The lowest BCUT2D eigenvalue weighted by Gasteiger charge is -2.19. The Morgan fingerprint density at radius 2 is 1.83 bits per heavy atom. The molecule has 36 heavy (non-hydrogen) atoms. The van der Waals surface area contributed by atoms with Crippen LogP contribution >= 0.6 is 0 Å². The molecule has 190 valence electrons. The molecule has 2 aromatic carbocycles. The summed E-state index contributed by atoms with van der Waals surface area (Å²) in [5.41, 5.74) is 6.99. The minimum absolute atomic E-state index is 0.107. The minimum Gasteiger partial charge on any atom is -0.494 e. The molecular weight excluding hydrogens is 477 g/mol. The Bertz CT molecular complexity index is 1360. The zero-order valence-corrected chi connectivity index (χ0v) is 21.8. The number of anilines is 1. The molecule has 0 amide bonds. The van der Waals surface area contributed by atoms with Crippen molar-refractivity contribution in [3.05, 3.63) is 70.4 Å². The third-order valence-electron chi connectivity index (χ3n) is 7.03. The van der Waals surface area contributed by atoms with Crippen LogP contribution in [-0.4, -0.2) is 37.0 Å². The van der Waals surface area contributed by atoms with Crippen LogP contribution in [0.1, 0.15) is 65.6 Å². The topological polar surface area (TPSA) is 81.2 Å². The van der Waals surface area contributed by atoms with Crippen LogP contribution in [0.4, 0.5) is 10.2 Å². The van der Waals surface area contributed by atoms with E-state index in [9.17, 15) is 8.42 Å². The summed E-state index contributed by atoms with van der Waals surface area (Å²) in [6.45, 7) is 4.40. The Labute approximate surface area is 212 Å². The molecule has 2 aliphatic carbocycles. The summed E-state index contributed by atoms with van der Waals surface area (Å²) >= 11 is 0. The van der Waals surface area contributed by atoms with Crippen molar-refractivity contribution in [1.29, 1.82) is 0 Å². The normalized spacial score (nSPS) is 17.2. The first-order chi connectivity index (χ1) is 17.2. The van der Waals surface area contributed by atoms with Gasteiger partial charge in [0.15, 0.2) is 0 Å². The van der Waals surface area contributed by atoms with Crippen molar-refractivity contribution in [3.8, 4) is 16.9 Å². The van der Waals surface area contributed by atoms with Crippen molar-refractivity contribution < 1.29 is 17.5 Å². The molecule has 6 nitrogen and oxygen atoms in total. The number of nitrogens with zero attached hydrogens (tertiary/aromatic N) is 2. The van der Waals surface area contributed by atoms with Gasteiger partial charge < -0.3 is 10.1 Å². The molecule has 0 bridgehead atoms. The summed E-state index contributed by atoms with van der Waals surface area (Å²) in [7, 11) is -3.00. The van der Waals surface area contributed by atoms with Crippen LogP contribution < -0.4 is 10.1 Å². The highest BCUT2D eigenvalue weighted by Crippen LogP contribution is 2.43. The van der Waals surface area contributed by atoms with Gasteiger partial charge in [0.1, 0.15) is 27.2 Å². The van der Waals surface area contributed by atoms with Gasteiger partial charge in [0.2, 0.25) is 0 Å². The summed E-state index contributed by atoms with van der Waals surface area (Å²) in [6, 6.07) is 7.23. The van der Waals surface area contributed by atoms with E-state index in [2.05, 4.69) is 15.3 Å². The summed E-state index contributed by atoms with van der Waals surface area (Å²) < 4.78 is 43.6. The van der Waals surface area contributed by atoms with Gasteiger partial charge in [-0.05, 0) is 92.0 Å². The number of aromatic nitrogens is 2. The van der Waals surface area contributed by atoms with E-state index in [0.29, 0.717) is 36.1 Å². The lowest BCUT2D eigenvalue weighted by molar-refractivity contribution is 0.317. The van der Waals surface area contributed by atoms with Crippen molar-refractivity contribution in [3.63, 3.8) is 0 Å². The third-order valence-corrected chi connectivity index (χ3v) is 8.06. The predicted octanol–water partition coefficient (Wildman–Crippen LogP) is 5.69. The first kappa shape index (κ1) is 24.7. The lowest BCUT2D eigenvalue weighted by Crippen LogP contribution is -2.11. The number of hydrogen-bond acceptors (Lipinski definition) is 6. The molecule has 1 fully saturated rings. The first-order valence-electron chi connectivity index (χ1n) is 12.5. The van der Waals surface area contributed by atoms with Crippen LogP contribution in [0.15, 0.2) is 36.7 Å². The standard InChI is InChI=1S/C28H32FN3O3S/c1-17-13-20(35-11-4-12-36(3,33)34)14-18(2)27(17)21-7-9-23(29)28-22(21)8-10-24(28)32-26-16-30-25(15-31-26)19-5-6-19/h7,9,13-16,19,24H,4-6,8,10-12H2,1-3H3,(H,31,32). The average Bonchev–Trinajstić information content (AvgIpc) is 3.58. The van der Waals surface area contributed by atoms with E-state index in [1.807, 2.05) is 38.2 Å². The first-order valence-corrected chi connectivity index (χ1v) is 14.6. The highest BCUT2D eigenvalue weighted by molar-refractivity contribution is 7.90. The van der Waals surface area contributed by atoms with Gasteiger partial charge in [0.25, 0.3) is 0 Å². The molecule has 0 spiro atoms. The number of aryl methyl sites for hydroxylation is 2. The Balaban J connectivity index is 1.37. The Morgan fingerprint density at radius 1 is 1.08 bits per heavy atom. The smallest absolute Gasteiger partial charge is 0.147 e. The van der Waals surface area contributed by atoms with Crippen LogP contribution in [0.3, 0.4) is 0 Å². The Kier molecular flexibility index (Phi) is 6.72. The largest absolute Gasteiger partial charge is 0.494 e. The maximum Gasteiger partial charge on any atom is 0.147 e. The van der Waals surface area contributed by atoms with Gasteiger partial charge in [0, 0.05) is 17.7 Å². The summed E-state index contributed by atoms with van der Waals surface area (Å²) in [4.78, 5) is 9.06. The number of benzene rings is 2. The van der Waals surface area contributed by atoms with Gasteiger partial charge in [-0.25, -0.2) is 17.8 Å². The van der Waals surface area contributed by atoms with Crippen molar-refractivity contribution in [2.45, 2.75) is 57.9 Å². The lowest BCUT2D eigenvalue weighted by atomic mass is 9.90. The second-order valence-electron chi connectivity index (χ2n) is 10.1. The quantitative estimate of drug-likeness (QED) is 0.373. The van der Waals surface area contributed by atoms with Crippen LogP contribution in [0.5, 0.6) is 5.75 Å². The van der Waals surface area contributed by atoms with Crippen LogP contribution in [0.2, 0.25) is 0 Å². The zero-order chi connectivity index (χ0) is 25.4. The molecular formula is C28H32FN3O3S. The molecule has 1 heterocycles.